The van der Waals surface area contributed by atoms with Gasteiger partial charge in [-0.3, -0.25) is 9.59 Å². The molecule has 0 spiro atoms. The van der Waals surface area contributed by atoms with E-state index in [2.05, 4.69) is 5.32 Å². The quantitative estimate of drug-likeness (QED) is 0.822. The molecule has 1 heterocycles. The highest BCUT2D eigenvalue weighted by atomic mass is 16.5. The number of carbonyl (C=O) groups is 2. The second-order valence-corrected chi connectivity index (χ2v) is 5.81. The standard InChI is InChI=1S/C19H20N2O5/c1-25-16-5-3-2-4-14(16)11-21(8-9-22)19(24)13-6-7-17-15(10-13)20-18(23)12-26-17/h2-7,10,22H,8-9,11-12H2,1H3,(H,20,23). The summed E-state index contributed by atoms with van der Waals surface area (Å²) in [6.45, 7) is 0.274. The molecule has 0 aliphatic carbocycles. The van der Waals surface area contributed by atoms with Crippen molar-refractivity contribution in [1.29, 1.82) is 0 Å². The van der Waals surface area contributed by atoms with Crippen molar-refractivity contribution in [3.8, 4) is 11.5 Å². The summed E-state index contributed by atoms with van der Waals surface area (Å²) in [5, 5.41) is 12.1. The van der Waals surface area contributed by atoms with Crippen LogP contribution in [0.5, 0.6) is 11.5 Å². The second-order valence-electron chi connectivity index (χ2n) is 5.81. The molecule has 2 amide bonds. The van der Waals surface area contributed by atoms with Crippen LogP contribution in [0.25, 0.3) is 0 Å². The van der Waals surface area contributed by atoms with Gasteiger partial charge in [0, 0.05) is 24.2 Å². The first kappa shape index (κ1) is 17.8. The van der Waals surface area contributed by atoms with E-state index in [0.29, 0.717) is 29.3 Å². The van der Waals surface area contributed by atoms with Gasteiger partial charge in [0.15, 0.2) is 6.61 Å². The molecule has 2 aromatic carbocycles. The topological polar surface area (TPSA) is 88.1 Å². The predicted octanol–water partition coefficient (Wildman–Crippen LogP) is 1.66. The number of ether oxygens (including phenoxy) is 2. The normalized spacial score (nSPS) is 12.6. The fourth-order valence-corrected chi connectivity index (χ4v) is 2.81. The zero-order valence-electron chi connectivity index (χ0n) is 14.4. The number of benzene rings is 2. The van der Waals surface area contributed by atoms with Crippen LogP contribution in [0.1, 0.15) is 15.9 Å². The Labute approximate surface area is 151 Å². The SMILES string of the molecule is COc1ccccc1CN(CCO)C(=O)c1ccc2c(c1)NC(=O)CO2. The van der Waals surface area contributed by atoms with Crippen LogP contribution in [-0.4, -0.2) is 48.7 Å². The van der Waals surface area contributed by atoms with E-state index in [1.165, 1.54) is 4.90 Å². The van der Waals surface area contributed by atoms with Crippen LogP contribution in [0.15, 0.2) is 42.5 Å². The molecule has 0 atom stereocenters. The van der Waals surface area contributed by atoms with Gasteiger partial charge in [-0.2, -0.15) is 0 Å². The number of hydrogen-bond donors (Lipinski definition) is 2. The van der Waals surface area contributed by atoms with Crippen molar-refractivity contribution in [2.75, 3.05) is 32.2 Å². The maximum atomic E-state index is 12.9. The van der Waals surface area contributed by atoms with Crippen LogP contribution in [-0.2, 0) is 11.3 Å². The molecule has 2 aromatic rings. The largest absolute Gasteiger partial charge is 0.496 e. The Bertz CT molecular complexity index is 821. The molecule has 0 bridgehead atoms. The zero-order valence-corrected chi connectivity index (χ0v) is 14.4. The summed E-state index contributed by atoms with van der Waals surface area (Å²) in [6.07, 6.45) is 0. The summed E-state index contributed by atoms with van der Waals surface area (Å²) in [7, 11) is 1.57. The predicted molar refractivity (Wildman–Crippen MR) is 95.4 cm³/mol. The lowest BCUT2D eigenvalue weighted by atomic mass is 10.1. The summed E-state index contributed by atoms with van der Waals surface area (Å²) in [5.74, 6) is 0.685. The molecule has 7 nitrogen and oxygen atoms in total. The van der Waals surface area contributed by atoms with Crippen molar-refractivity contribution < 1.29 is 24.2 Å². The number of aliphatic hydroxyl groups excluding tert-OH is 1. The van der Waals surface area contributed by atoms with Crippen LogP contribution >= 0.6 is 0 Å². The Kier molecular flexibility index (Phi) is 5.38. The minimum Gasteiger partial charge on any atom is -0.496 e. The van der Waals surface area contributed by atoms with Gasteiger partial charge in [0.25, 0.3) is 11.8 Å². The molecule has 1 aliphatic heterocycles. The number of nitrogens with zero attached hydrogens (tertiary/aromatic N) is 1. The molecule has 26 heavy (non-hydrogen) atoms. The number of rotatable bonds is 6. The van der Waals surface area contributed by atoms with Gasteiger partial charge >= 0.3 is 0 Å². The lowest BCUT2D eigenvalue weighted by Gasteiger charge is -2.24. The number of fused-ring (bicyclic) bond motifs is 1. The van der Waals surface area contributed by atoms with Gasteiger partial charge in [0.05, 0.1) is 19.4 Å². The highest BCUT2D eigenvalue weighted by molar-refractivity contribution is 5.99. The monoisotopic (exact) mass is 356 g/mol. The third-order valence-electron chi connectivity index (χ3n) is 4.07. The Balaban J connectivity index is 1.85. The van der Waals surface area contributed by atoms with Gasteiger partial charge < -0.3 is 24.8 Å². The summed E-state index contributed by atoms with van der Waals surface area (Å²) in [6, 6.07) is 12.3. The van der Waals surface area contributed by atoms with Gasteiger partial charge in [0.2, 0.25) is 0 Å². The molecular weight excluding hydrogens is 336 g/mol. The third-order valence-corrected chi connectivity index (χ3v) is 4.07. The van der Waals surface area contributed by atoms with Crippen LogP contribution in [0.2, 0.25) is 0 Å². The number of methoxy groups -OCH3 is 1. The van der Waals surface area contributed by atoms with Crippen molar-refractivity contribution in [2.24, 2.45) is 0 Å². The molecule has 0 aromatic heterocycles. The number of nitrogens with one attached hydrogen (secondary N) is 1. The Hall–Kier alpha value is -3.06. The zero-order chi connectivity index (χ0) is 18.5. The molecule has 1 aliphatic rings. The van der Waals surface area contributed by atoms with E-state index in [4.69, 9.17) is 9.47 Å². The van der Waals surface area contributed by atoms with Crippen molar-refractivity contribution in [2.45, 2.75) is 6.54 Å². The van der Waals surface area contributed by atoms with Gasteiger partial charge in [-0.05, 0) is 24.3 Å². The molecule has 0 fully saturated rings. The Morgan fingerprint density at radius 1 is 1.31 bits per heavy atom. The van der Waals surface area contributed by atoms with Gasteiger partial charge in [-0.25, -0.2) is 0 Å². The molecule has 136 valence electrons. The fourth-order valence-electron chi connectivity index (χ4n) is 2.81. The third kappa shape index (κ3) is 3.78. The van der Waals surface area contributed by atoms with Crippen LogP contribution < -0.4 is 14.8 Å². The number of para-hydroxylation sites is 1. The van der Waals surface area contributed by atoms with Crippen LogP contribution in [0, 0.1) is 0 Å². The fraction of sp³-hybridized carbons (Fsp3) is 0.263. The number of aliphatic hydroxyl groups is 1. The van der Waals surface area contributed by atoms with Gasteiger partial charge in [-0.1, -0.05) is 18.2 Å². The molecule has 2 N–H and O–H groups in total. The molecule has 0 radical (unpaired) electrons. The first-order valence-corrected chi connectivity index (χ1v) is 8.21. The molecule has 3 rings (SSSR count). The highest BCUT2D eigenvalue weighted by Gasteiger charge is 2.21. The van der Waals surface area contributed by atoms with Gasteiger partial charge in [0.1, 0.15) is 11.5 Å². The molecule has 0 saturated carbocycles. The van der Waals surface area contributed by atoms with E-state index in [9.17, 15) is 14.7 Å². The van der Waals surface area contributed by atoms with E-state index >= 15 is 0 Å². The average Bonchev–Trinajstić information content (AvgIpc) is 2.66. The lowest BCUT2D eigenvalue weighted by molar-refractivity contribution is -0.118. The van der Waals surface area contributed by atoms with Crippen molar-refractivity contribution in [3.63, 3.8) is 0 Å². The average molecular weight is 356 g/mol. The molecular formula is C19H20N2O5. The number of amides is 2. The van der Waals surface area contributed by atoms with Gasteiger partial charge in [-0.15, -0.1) is 0 Å². The minimum absolute atomic E-state index is 0.0370. The van der Waals surface area contributed by atoms with Crippen LogP contribution in [0.4, 0.5) is 5.69 Å². The van der Waals surface area contributed by atoms with Crippen LogP contribution in [0.3, 0.4) is 0 Å². The van der Waals surface area contributed by atoms with Crippen molar-refractivity contribution >= 4 is 17.5 Å². The molecule has 0 unspecified atom stereocenters. The summed E-state index contributed by atoms with van der Waals surface area (Å²) in [4.78, 5) is 25.9. The summed E-state index contributed by atoms with van der Waals surface area (Å²) >= 11 is 0. The summed E-state index contributed by atoms with van der Waals surface area (Å²) < 4.78 is 10.6. The Morgan fingerprint density at radius 3 is 2.88 bits per heavy atom. The lowest BCUT2D eigenvalue weighted by Crippen LogP contribution is -2.33. The Morgan fingerprint density at radius 2 is 2.12 bits per heavy atom. The van der Waals surface area contributed by atoms with E-state index in [-0.39, 0.29) is 31.6 Å². The number of carbonyl (C=O) groups excluding carboxylic acids is 2. The maximum absolute atomic E-state index is 12.9. The minimum atomic E-state index is -0.261. The second kappa shape index (κ2) is 7.88. The molecule has 0 saturated heterocycles. The van der Waals surface area contributed by atoms with E-state index in [0.717, 1.165) is 5.56 Å². The maximum Gasteiger partial charge on any atom is 0.262 e. The van der Waals surface area contributed by atoms with E-state index in [1.807, 2.05) is 24.3 Å². The highest BCUT2D eigenvalue weighted by Crippen LogP contribution is 2.29. The van der Waals surface area contributed by atoms with E-state index in [1.54, 1.807) is 25.3 Å². The summed E-state index contributed by atoms with van der Waals surface area (Å²) in [5.41, 5.74) is 1.71. The van der Waals surface area contributed by atoms with Crippen molar-refractivity contribution in [3.05, 3.63) is 53.6 Å². The smallest absolute Gasteiger partial charge is 0.262 e. The number of hydrogen-bond acceptors (Lipinski definition) is 5. The molecule has 7 heteroatoms. The van der Waals surface area contributed by atoms with E-state index < -0.39 is 0 Å². The van der Waals surface area contributed by atoms with Crippen molar-refractivity contribution in [1.82, 2.24) is 4.90 Å². The number of anilines is 1. The first-order chi connectivity index (χ1) is 12.6. The first-order valence-electron chi connectivity index (χ1n) is 8.21.